The number of hydrogen-bond acceptors (Lipinski definition) is 2. The van der Waals surface area contributed by atoms with Crippen LogP contribution in [0, 0.1) is 0 Å². The number of nitrogens with zero attached hydrogens (tertiary/aromatic N) is 2. The number of fused-ring (bicyclic) bond motifs is 1. The Labute approximate surface area is 95.7 Å². The van der Waals surface area contributed by atoms with Crippen molar-refractivity contribution in [2.45, 2.75) is 39.3 Å². The molecule has 3 heteroatoms. The normalized spacial score (nSPS) is 13.6. The fourth-order valence-corrected chi connectivity index (χ4v) is 1.82. The van der Waals surface area contributed by atoms with Crippen LogP contribution >= 0.6 is 0 Å². The summed E-state index contributed by atoms with van der Waals surface area (Å²) in [5.41, 5.74) is 2.31. The van der Waals surface area contributed by atoms with E-state index in [1.54, 1.807) is 11.6 Å². The second-order valence-electron chi connectivity index (χ2n) is 4.67. The fraction of sp³-hybridized carbons (Fsp3) is 0.462. The molecular formula is C13H18N2O. The Kier molecular flexibility index (Phi) is 2.97. The van der Waals surface area contributed by atoms with Crippen LogP contribution in [0.3, 0.4) is 0 Å². The Balaban J connectivity index is 2.38. The fourth-order valence-electron chi connectivity index (χ4n) is 1.82. The third-order valence-corrected chi connectivity index (χ3v) is 2.69. The van der Waals surface area contributed by atoms with Gasteiger partial charge >= 0.3 is 0 Å². The Hall–Kier alpha value is -1.35. The summed E-state index contributed by atoms with van der Waals surface area (Å²) in [6.07, 6.45) is 1.63. The maximum absolute atomic E-state index is 9.31. The summed E-state index contributed by atoms with van der Waals surface area (Å²) in [7, 11) is 0. The van der Waals surface area contributed by atoms with Crippen LogP contribution in [0.25, 0.3) is 10.9 Å². The molecule has 0 amide bonds. The molecule has 1 atom stereocenters. The quantitative estimate of drug-likeness (QED) is 0.859. The SMILES string of the molecule is CC(C)c1ccc2nn(C[C@@H](C)O)cc2c1. The zero-order valence-electron chi connectivity index (χ0n) is 10.0. The van der Waals surface area contributed by atoms with Gasteiger partial charge in [-0.25, -0.2) is 0 Å². The number of benzene rings is 1. The first-order valence-corrected chi connectivity index (χ1v) is 5.71. The minimum absolute atomic E-state index is 0.362. The van der Waals surface area contributed by atoms with E-state index in [9.17, 15) is 5.11 Å². The van der Waals surface area contributed by atoms with Crippen LogP contribution in [-0.2, 0) is 6.54 Å². The summed E-state index contributed by atoms with van der Waals surface area (Å²) in [6, 6.07) is 6.33. The number of aromatic nitrogens is 2. The minimum Gasteiger partial charge on any atom is -0.391 e. The topological polar surface area (TPSA) is 38.0 Å². The predicted octanol–water partition coefficient (Wildman–Crippen LogP) is 2.54. The molecule has 0 aliphatic rings. The lowest BCUT2D eigenvalue weighted by Crippen LogP contribution is -2.11. The maximum Gasteiger partial charge on any atom is 0.0923 e. The van der Waals surface area contributed by atoms with Crippen molar-refractivity contribution >= 4 is 10.9 Å². The molecule has 0 saturated heterocycles. The van der Waals surface area contributed by atoms with E-state index in [-0.39, 0.29) is 6.10 Å². The van der Waals surface area contributed by atoms with Crippen LogP contribution in [-0.4, -0.2) is 21.0 Å². The average molecular weight is 218 g/mol. The molecule has 0 aliphatic carbocycles. The lowest BCUT2D eigenvalue weighted by molar-refractivity contribution is 0.169. The Morgan fingerprint density at radius 3 is 2.69 bits per heavy atom. The van der Waals surface area contributed by atoms with Crippen molar-refractivity contribution in [3.05, 3.63) is 30.0 Å². The summed E-state index contributed by atoms with van der Waals surface area (Å²) in [5, 5.41) is 14.9. The van der Waals surface area contributed by atoms with Crippen LogP contribution in [0.1, 0.15) is 32.3 Å². The van der Waals surface area contributed by atoms with Crippen molar-refractivity contribution in [3.8, 4) is 0 Å². The molecule has 0 aliphatic heterocycles. The van der Waals surface area contributed by atoms with Gasteiger partial charge in [-0.15, -0.1) is 0 Å². The Bertz CT molecular complexity index is 486. The Morgan fingerprint density at radius 1 is 1.31 bits per heavy atom. The van der Waals surface area contributed by atoms with E-state index >= 15 is 0 Å². The molecule has 1 aromatic heterocycles. The lowest BCUT2D eigenvalue weighted by atomic mass is 10.0. The van der Waals surface area contributed by atoms with Gasteiger partial charge in [-0.05, 0) is 30.5 Å². The predicted molar refractivity (Wildman–Crippen MR) is 65.5 cm³/mol. The second kappa shape index (κ2) is 4.26. The number of aliphatic hydroxyl groups is 1. The highest BCUT2D eigenvalue weighted by Crippen LogP contribution is 2.20. The van der Waals surface area contributed by atoms with Crippen molar-refractivity contribution in [1.82, 2.24) is 9.78 Å². The molecule has 2 aromatic rings. The molecule has 3 nitrogen and oxygen atoms in total. The first-order valence-electron chi connectivity index (χ1n) is 5.71. The first kappa shape index (κ1) is 11.1. The molecule has 0 saturated carbocycles. The van der Waals surface area contributed by atoms with Gasteiger partial charge in [0, 0.05) is 11.6 Å². The molecule has 2 rings (SSSR count). The highest BCUT2D eigenvalue weighted by Gasteiger charge is 2.05. The summed E-state index contributed by atoms with van der Waals surface area (Å²) in [5.74, 6) is 0.532. The van der Waals surface area contributed by atoms with Crippen molar-refractivity contribution in [2.24, 2.45) is 0 Å². The van der Waals surface area contributed by atoms with Gasteiger partial charge in [0.15, 0.2) is 0 Å². The van der Waals surface area contributed by atoms with E-state index in [1.807, 2.05) is 12.3 Å². The molecule has 0 spiro atoms. The van der Waals surface area contributed by atoms with Crippen molar-refractivity contribution in [2.75, 3.05) is 0 Å². The molecule has 86 valence electrons. The molecule has 1 aromatic carbocycles. The molecular weight excluding hydrogens is 200 g/mol. The van der Waals surface area contributed by atoms with E-state index < -0.39 is 0 Å². The van der Waals surface area contributed by atoms with E-state index in [2.05, 4.69) is 31.1 Å². The largest absolute Gasteiger partial charge is 0.391 e. The molecule has 0 unspecified atom stereocenters. The first-order chi connectivity index (χ1) is 7.56. The van der Waals surface area contributed by atoms with Gasteiger partial charge in [-0.2, -0.15) is 5.10 Å². The van der Waals surface area contributed by atoms with E-state index in [0.29, 0.717) is 12.5 Å². The standard InChI is InChI=1S/C13H18N2O/c1-9(2)11-4-5-13-12(6-11)8-15(14-13)7-10(3)16/h4-6,8-10,16H,7H2,1-3H3/t10-/m1/s1. The monoisotopic (exact) mass is 218 g/mol. The average Bonchev–Trinajstić information content (AvgIpc) is 2.56. The van der Waals surface area contributed by atoms with Gasteiger partial charge in [-0.3, -0.25) is 4.68 Å². The van der Waals surface area contributed by atoms with Crippen molar-refractivity contribution in [3.63, 3.8) is 0 Å². The summed E-state index contributed by atoms with van der Waals surface area (Å²) < 4.78 is 1.80. The zero-order valence-corrected chi connectivity index (χ0v) is 10.0. The third kappa shape index (κ3) is 2.25. The molecule has 16 heavy (non-hydrogen) atoms. The van der Waals surface area contributed by atoms with Crippen molar-refractivity contribution in [1.29, 1.82) is 0 Å². The van der Waals surface area contributed by atoms with Gasteiger partial charge in [0.05, 0.1) is 18.2 Å². The highest BCUT2D eigenvalue weighted by molar-refractivity contribution is 5.78. The minimum atomic E-state index is -0.362. The molecule has 1 heterocycles. The smallest absolute Gasteiger partial charge is 0.0923 e. The summed E-state index contributed by atoms with van der Waals surface area (Å²) in [6.45, 7) is 6.68. The number of aliphatic hydroxyl groups excluding tert-OH is 1. The van der Waals surface area contributed by atoms with Crippen LogP contribution in [0.2, 0.25) is 0 Å². The van der Waals surface area contributed by atoms with E-state index in [4.69, 9.17) is 0 Å². The van der Waals surface area contributed by atoms with E-state index in [0.717, 1.165) is 10.9 Å². The van der Waals surface area contributed by atoms with Crippen LogP contribution in [0.5, 0.6) is 0 Å². The molecule has 1 N–H and O–H groups in total. The zero-order chi connectivity index (χ0) is 11.7. The second-order valence-corrected chi connectivity index (χ2v) is 4.67. The summed E-state index contributed by atoms with van der Waals surface area (Å²) >= 11 is 0. The molecule has 0 fully saturated rings. The van der Waals surface area contributed by atoms with Crippen LogP contribution < -0.4 is 0 Å². The molecule has 0 bridgehead atoms. The Morgan fingerprint density at radius 2 is 2.06 bits per heavy atom. The third-order valence-electron chi connectivity index (χ3n) is 2.69. The van der Waals surface area contributed by atoms with Gasteiger partial charge in [0.2, 0.25) is 0 Å². The molecule has 0 radical (unpaired) electrons. The maximum atomic E-state index is 9.31. The van der Waals surface area contributed by atoms with Gasteiger partial charge < -0.3 is 5.11 Å². The van der Waals surface area contributed by atoms with Gasteiger partial charge in [0.1, 0.15) is 0 Å². The van der Waals surface area contributed by atoms with Crippen LogP contribution in [0.4, 0.5) is 0 Å². The number of hydrogen-bond donors (Lipinski definition) is 1. The number of rotatable bonds is 3. The van der Waals surface area contributed by atoms with Gasteiger partial charge in [-0.1, -0.05) is 19.9 Å². The lowest BCUT2D eigenvalue weighted by Gasteiger charge is -2.03. The van der Waals surface area contributed by atoms with Crippen molar-refractivity contribution < 1.29 is 5.11 Å². The summed E-state index contributed by atoms with van der Waals surface area (Å²) in [4.78, 5) is 0. The van der Waals surface area contributed by atoms with Crippen LogP contribution in [0.15, 0.2) is 24.4 Å². The van der Waals surface area contributed by atoms with Gasteiger partial charge in [0.25, 0.3) is 0 Å². The highest BCUT2D eigenvalue weighted by atomic mass is 16.3. The van der Waals surface area contributed by atoms with E-state index in [1.165, 1.54) is 5.56 Å².